The van der Waals surface area contributed by atoms with Crippen molar-refractivity contribution in [3.05, 3.63) is 108 Å². The third-order valence-electron chi connectivity index (χ3n) is 7.30. The molecule has 7 nitrogen and oxygen atoms in total. The van der Waals surface area contributed by atoms with Crippen LogP contribution in [0.5, 0.6) is 23.0 Å². The van der Waals surface area contributed by atoms with Crippen LogP contribution < -0.4 is 33.8 Å². The number of ether oxygens (including phenoxy) is 4. The van der Waals surface area contributed by atoms with E-state index in [-0.39, 0.29) is 18.4 Å². The molecule has 0 amide bonds. The second-order valence-electron chi connectivity index (χ2n) is 9.33. The number of hydrogen-bond donors (Lipinski definition) is 0. The Balaban J connectivity index is 1.49. The van der Waals surface area contributed by atoms with Crippen LogP contribution in [-0.4, -0.2) is 25.6 Å². The van der Waals surface area contributed by atoms with Gasteiger partial charge in [-0.25, -0.2) is 4.99 Å². The zero-order valence-corrected chi connectivity index (χ0v) is 21.7. The normalized spacial score (nSPS) is 17.4. The summed E-state index contributed by atoms with van der Waals surface area (Å²) in [6, 6.07) is 19.4. The van der Waals surface area contributed by atoms with Gasteiger partial charge >= 0.3 is 0 Å². The Morgan fingerprint density at radius 2 is 1.87 bits per heavy atom. The maximum absolute atomic E-state index is 14.0. The molecule has 1 unspecified atom stereocenters. The predicted octanol–water partition coefficient (Wildman–Crippen LogP) is 4.06. The zero-order valence-electron chi connectivity index (χ0n) is 20.9. The molecule has 0 bridgehead atoms. The summed E-state index contributed by atoms with van der Waals surface area (Å²) < 4.78 is 24.7. The van der Waals surface area contributed by atoms with E-state index in [4.69, 9.17) is 23.9 Å². The lowest BCUT2D eigenvalue weighted by atomic mass is 9.83. The molecule has 3 aromatic carbocycles. The van der Waals surface area contributed by atoms with Crippen molar-refractivity contribution in [1.82, 2.24) is 4.57 Å². The molecule has 0 radical (unpaired) electrons. The average Bonchev–Trinajstić information content (AvgIpc) is 3.55. The van der Waals surface area contributed by atoms with Crippen LogP contribution >= 0.6 is 11.3 Å². The molecule has 1 aliphatic carbocycles. The van der Waals surface area contributed by atoms with Crippen molar-refractivity contribution in [1.29, 1.82) is 0 Å². The van der Waals surface area contributed by atoms with E-state index in [1.54, 1.807) is 14.2 Å². The Bertz CT molecular complexity index is 1820. The molecule has 2 aliphatic heterocycles. The largest absolute Gasteiger partial charge is 0.497 e. The Hall–Kier alpha value is -4.30. The minimum Gasteiger partial charge on any atom is -0.497 e. The summed E-state index contributed by atoms with van der Waals surface area (Å²) in [7, 11) is 3.30. The zero-order chi connectivity index (χ0) is 25.8. The lowest BCUT2D eigenvalue weighted by molar-refractivity contribution is 0.174. The van der Waals surface area contributed by atoms with Gasteiger partial charge in [0.15, 0.2) is 16.3 Å². The maximum Gasteiger partial charge on any atom is 0.271 e. The quantitative estimate of drug-likeness (QED) is 0.403. The van der Waals surface area contributed by atoms with Crippen LogP contribution in [0.3, 0.4) is 0 Å². The van der Waals surface area contributed by atoms with Gasteiger partial charge in [-0.15, -0.1) is 0 Å². The van der Waals surface area contributed by atoms with Crippen LogP contribution in [0.25, 0.3) is 11.8 Å². The van der Waals surface area contributed by atoms with Crippen molar-refractivity contribution in [2.45, 2.75) is 18.9 Å². The molecule has 190 valence electrons. The number of aromatic nitrogens is 1. The third-order valence-corrected chi connectivity index (χ3v) is 8.28. The van der Waals surface area contributed by atoms with Gasteiger partial charge in [-0.3, -0.25) is 9.36 Å². The van der Waals surface area contributed by atoms with Crippen LogP contribution in [0.15, 0.2) is 76.0 Å². The highest BCUT2D eigenvalue weighted by atomic mass is 32.1. The summed E-state index contributed by atoms with van der Waals surface area (Å²) in [5.74, 6) is 2.80. The Morgan fingerprint density at radius 1 is 1.00 bits per heavy atom. The molecule has 0 N–H and O–H groups in total. The summed E-state index contributed by atoms with van der Waals surface area (Å²) in [4.78, 5) is 19.8. The number of nitrogens with zero attached hydrogens (tertiary/aromatic N) is 2. The number of hydrogen-bond acceptors (Lipinski definition) is 7. The number of fused-ring (bicyclic) bond motifs is 4. The maximum atomic E-state index is 14.0. The molecule has 0 spiro atoms. The van der Waals surface area contributed by atoms with Gasteiger partial charge in [0.1, 0.15) is 11.5 Å². The summed E-state index contributed by atoms with van der Waals surface area (Å²) in [5.41, 5.74) is 6.09. The van der Waals surface area contributed by atoms with E-state index in [0.29, 0.717) is 32.3 Å². The van der Waals surface area contributed by atoms with Crippen molar-refractivity contribution < 1.29 is 18.9 Å². The first-order valence-corrected chi connectivity index (χ1v) is 13.2. The second kappa shape index (κ2) is 8.92. The van der Waals surface area contributed by atoms with E-state index in [0.717, 1.165) is 40.8 Å². The van der Waals surface area contributed by atoms with Gasteiger partial charge in [0.2, 0.25) is 6.79 Å². The Kier molecular flexibility index (Phi) is 5.37. The molecule has 38 heavy (non-hydrogen) atoms. The predicted molar refractivity (Wildman–Crippen MR) is 145 cm³/mol. The minimum atomic E-state index is -0.362. The summed E-state index contributed by atoms with van der Waals surface area (Å²) >= 11 is 1.39. The molecule has 1 atom stereocenters. The lowest BCUT2D eigenvalue weighted by Crippen LogP contribution is -2.39. The van der Waals surface area contributed by atoms with Gasteiger partial charge in [0, 0.05) is 11.1 Å². The third kappa shape index (κ3) is 3.55. The number of methoxy groups -OCH3 is 2. The van der Waals surface area contributed by atoms with Crippen molar-refractivity contribution in [3.63, 3.8) is 0 Å². The highest BCUT2D eigenvalue weighted by Crippen LogP contribution is 2.44. The summed E-state index contributed by atoms with van der Waals surface area (Å²) in [6.45, 7) is 0.205. The van der Waals surface area contributed by atoms with Crippen LogP contribution in [0.4, 0.5) is 0 Å². The Labute approximate surface area is 222 Å². The fourth-order valence-corrected chi connectivity index (χ4v) is 6.51. The SMILES string of the molecule is COc1ccc(OC)c(C2C3=C(N=c4s/c(=C/c5ccc6c(c5)OCO6)c(=O)n42)c2ccccc2CC3)c1. The first-order chi connectivity index (χ1) is 18.6. The van der Waals surface area contributed by atoms with E-state index in [1.165, 1.54) is 16.9 Å². The molecule has 4 aromatic rings. The molecule has 0 saturated heterocycles. The van der Waals surface area contributed by atoms with E-state index in [2.05, 4.69) is 18.2 Å². The summed E-state index contributed by atoms with van der Waals surface area (Å²) in [6.07, 6.45) is 3.57. The monoisotopic (exact) mass is 524 g/mol. The smallest absolute Gasteiger partial charge is 0.271 e. The van der Waals surface area contributed by atoms with Gasteiger partial charge in [-0.1, -0.05) is 41.7 Å². The fourth-order valence-electron chi connectivity index (χ4n) is 5.51. The molecule has 1 aromatic heterocycles. The molecule has 7 rings (SSSR count). The molecule has 8 heteroatoms. The van der Waals surface area contributed by atoms with Gasteiger partial charge < -0.3 is 18.9 Å². The van der Waals surface area contributed by atoms with Gasteiger partial charge in [-0.2, -0.15) is 0 Å². The molecule has 0 fully saturated rings. The van der Waals surface area contributed by atoms with E-state index in [1.807, 2.05) is 53.1 Å². The fraction of sp³-hybridized carbons (Fsp3) is 0.200. The highest BCUT2D eigenvalue weighted by molar-refractivity contribution is 7.07. The number of allylic oxidation sites excluding steroid dienone is 1. The van der Waals surface area contributed by atoms with Crippen molar-refractivity contribution >= 4 is 23.1 Å². The molecule has 3 heterocycles. The minimum absolute atomic E-state index is 0.0910. The van der Waals surface area contributed by atoms with Crippen LogP contribution in [-0.2, 0) is 6.42 Å². The second-order valence-corrected chi connectivity index (χ2v) is 10.3. The number of rotatable bonds is 4. The van der Waals surface area contributed by atoms with E-state index >= 15 is 0 Å². The molecule has 3 aliphatic rings. The molecule has 0 saturated carbocycles. The van der Waals surface area contributed by atoms with E-state index in [9.17, 15) is 4.79 Å². The standard InChI is InChI=1S/C30H24N2O5S/c1-34-19-9-12-23(35-2)22(15-19)28-21-10-8-18-5-3-4-6-20(18)27(21)31-30-32(28)29(33)26(38-30)14-17-7-11-24-25(13-17)37-16-36-24/h3-7,9,11-15,28H,8,10,16H2,1-2H3/b26-14+. The van der Waals surface area contributed by atoms with E-state index < -0.39 is 0 Å². The van der Waals surface area contributed by atoms with Gasteiger partial charge in [-0.05, 0) is 65.9 Å². The molecular weight excluding hydrogens is 500 g/mol. The van der Waals surface area contributed by atoms with Crippen molar-refractivity contribution in [2.75, 3.05) is 21.0 Å². The van der Waals surface area contributed by atoms with Crippen molar-refractivity contribution in [3.8, 4) is 23.0 Å². The highest BCUT2D eigenvalue weighted by Gasteiger charge is 2.34. The van der Waals surface area contributed by atoms with Crippen LogP contribution in [0, 0.1) is 0 Å². The lowest BCUT2D eigenvalue weighted by Gasteiger charge is -2.31. The van der Waals surface area contributed by atoms with Crippen molar-refractivity contribution in [2.24, 2.45) is 4.99 Å². The van der Waals surface area contributed by atoms with Gasteiger partial charge in [0.25, 0.3) is 5.56 Å². The topological polar surface area (TPSA) is 71.3 Å². The van der Waals surface area contributed by atoms with Crippen LogP contribution in [0.2, 0.25) is 0 Å². The van der Waals surface area contributed by atoms with Gasteiger partial charge in [0.05, 0.1) is 30.5 Å². The summed E-state index contributed by atoms with van der Waals surface area (Å²) in [5, 5.41) is 0. The first-order valence-electron chi connectivity index (χ1n) is 12.4. The number of aryl methyl sites for hydroxylation is 1. The Morgan fingerprint density at radius 3 is 2.74 bits per heavy atom. The molecular formula is C30H24N2O5S. The number of thiazole rings is 1. The number of benzene rings is 3. The average molecular weight is 525 g/mol. The first kappa shape index (κ1) is 22.9. The van der Waals surface area contributed by atoms with Crippen LogP contribution in [0.1, 0.15) is 34.7 Å².